The minimum atomic E-state index is -0.524. The summed E-state index contributed by atoms with van der Waals surface area (Å²) in [6, 6.07) is 9.83. The molecule has 7 heteroatoms. The number of nitrogens with zero attached hydrogens (tertiary/aromatic N) is 1. The first-order valence-corrected chi connectivity index (χ1v) is 8.22. The monoisotopic (exact) mass is 336 g/mol. The van der Waals surface area contributed by atoms with Crippen LogP contribution in [-0.4, -0.2) is 40.7 Å². The van der Waals surface area contributed by atoms with E-state index in [2.05, 4.69) is 4.98 Å². The number of rotatable bonds is 8. The van der Waals surface area contributed by atoms with Gasteiger partial charge in [0.15, 0.2) is 0 Å². The third-order valence-electron chi connectivity index (χ3n) is 3.23. The number of carbonyl (C=O) groups excluding carboxylic acids is 1. The van der Waals surface area contributed by atoms with Crippen LogP contribution in [0, 0.1) is 0 Å². The molecule has 2 N–H and O–H groups in total. The molecule has 0 unspecified atom stereocenters. The van der Waals surface area contributed by atoms with Gasteiger partial charge < -0.3 is 14.8 Å². The SMILES string of the molecule is CCOC(=O)c1[nH]c(=O)sc1CN(CCO)Cc1ccccc1. The lowest BCUT2D eigenvalue weighted by Crippen LogP contribution is -2.26. The Morgan fingerprint density at radius 2 is 2.04 bits per heavy atom. The highest BCUT2D eigenvalue weighted by molar-refractivity contribution is 7.09. The van der Waals surface area contributed by atoms with Gasteiger partial charge in [-0.1, -0.05) is 41.7 Å². The number of H-pyrrole nitrogens is 1. The zero-order chi connectivity index (χ0) is 16.7. The summed E-state index contributed by atoms with van der Waals surface area (Å²) in [5.74, 6) is -0.524. The van der Waals surface area contributed by atoms with E-state index in [4.69, 9.17) is 4.74 Å². The molecular weight excluding hydrogens is 316 g/mol. The van der Waals surface area contributed by atoms with E-state index in [9.17, 15) is 14.7 Å². The molecule has 0 fully saturated rings. The summed E-state index contributed by atoms with van der Waals surface area (Å²) in [5, 5.41) is 9.26. The molecule has 6 nitrogen and oxygen atoms in total. The molecule has 2 rings (SSSR count). The predicted octanol–water partition coefficient (Wildman–Crippen LogP) is 1.61. The second kappa shape index (κ2) is 8.61. The smallest absolute Gasteiger partial charge is 0.356 e. The van der Waals surface area contributed by atoms with Crippen molar-refractivity contribution in [2.24, 2.45) is 0 Å². The number of aliphatic hydroxyl groups is 1. The van der Waals surface area contributed by atoms with E-state index in [0.717, 1.165) is 16.9 Å². The number of hydrogen-bond acceptors (Lipinski definition) is 6. The molecule has 0 radical (unpaired) electrons. The van der Waals surface area contributed by atoms with E-state index in [-0.39, 0.29) is 23.8 Å². The Bertz CT molecular complexity index is 681. The minimum absolute atomic E-state index is 0.000888. The van der Waals surface area contributed by atoms with E-state index >= 15 is 0 Å². The van der Waals surface area contributed by atoms with Gasteiger partial charge in [0.1, 0.15) is 5.69 Å². The van der Waals surface area contributed by atoms with Gasteiger partial charge in [0.25, 0.3) is 0 Å². The summed E-state index contributed by atoms with van der Waals surface area (Å²) in [7, 11) is 0. The van der Waals surface area contributed by atoms with Crippen LogP contribution in [-0.2, 0) is 17.8 Å². The van der Waals surface area contributed by atoms with E-state index in [1.807, 2.05) is 35.2 Å². The Labute approximate surface area is 138 Å². The topological polar surface area (TPSA) is 82.6 Å². The number of carbonyl (C=O) groups is 1. The first-order valence-electron chi connectivity index (χ1n) is 7.40. The Hall–Kier alpha value is -1.96. The van der Waals surface area contributed by atoms with Gasteiger partial charge in [-0.2, -0.15) is 0 Å². The molecule has 1 aromatic heterocycles. The lowest BCUT2D eigenvalue weighted by molar-refractivity contribution is 0.0517. The number of ether oxygens (including phenoxy) is 1. The first kappa shape index (κ1) is 17.4. The highest BCUT2D eigenvalue weighted by Gasteiger charge is 2.19. The van der Waals surface area contributed by atoms with Crippen LogP contribution in [0.5, 0.6) is 0 Å². The maximum Gasteiger partial charge on any atom is 0.356 e. The van der Waals surface area contributed by atoms with E-state index < -0.39 is 5.97 Å². The van der Waals surface area contributed by atoms with Crippen LogP contribution in [0.25, 0.3) is 0 Å². The summed E-state index contributed by atoms with van der Waals surface area (Å²) in [6.07, 6.45) is 0. The predicted molar refractivity (Wildman–Crippen MR) is 88.5 cm³/mol. The number of nitrogens with one attached hydrogen (secondary N) is 1. The molecular formula is C16H20N2O4S. The van der Waals surface area contributed by atoms with Crippen molar-refractivity contribution in [1.82, 2.24) is 9.88 Å². The van der Waals surface area contributed by atoms with Gasteiger partial charge in [-0.05, 0) is 12.5 Å². The Balaban J connectivity index is 2.16. The van der Waals surface area contributed by atoms with Crippen molar-refractivity contribution in [3.63, 3.8) is 0 Å². The number of aliphatic hydroxyl groups excluding tert-OH is 1. The molecule has 1 aromatic carbocycles. The number of hydrogen-bond donors (Lipinski definition) is 2. The molecule has 1 heterocycles. The Kier molecular flexibility index (Phi) is 6.52. The fourth-order valence-electron chi connectivity index (χ4n) is 2.24. The van der Waals surface area contributed by atoms with Crippen LogP contribution in [0.1, 0.15) is 27.9 Å². The zero-order valence-corrected chi connectivity index (χ0v) is 13.8. The number of aromatic amines is 1. The largest absolute Gasteiger partial charge is 0.461 e. The molecule has 0 aliphatic carbocycles. The molecule has 0 saturated carbocycles. The van der Waals surface area contributed by atoms with Crippen LogP contribution < -0.4 is 4.87 Å². The first-order chi connectivity index (χ1) is 11.1. The van der Waals surface area contributed by atoms with Gasteiger partial charge in [0.2, 0.25) is 0 Å². The third-order valence-corrected chi connectivity index (χ3v) is 4.10. The highest BCUT2D eigenvalue weighted by Crippen LogP contribution is 2.16. The number of aromatic nitrogens is 1. The molecule has 0 bridgehead atoms. The van der Waals surface area contributed by atoms with Crippen LogP contribution in [0.15, 0.2) is 35.1 Å². The van der Waals surface area contributed by atoms with E-state index in [1.165, 1.54) is 0 Å². The van der Waals surface area contributed by atoms with Crippen LogP contribution >= 0.6 is 11.3 Å². The van der Waals surface area contributed by atoms with Crippen molar-refractivity contribution in [3.8, 4) is 0 Å². The van der Waals surface area contributed by atoms with Gasteiger partial charge in [0, 0.05) is 19.6 Å². The van der Waals surface area contributed by atoms with Crippen molar-refractivity contribution in [1.29, 1.82) is 0 Å². The fourth-order valence-corrected chi connectivity index (χ4v) is 3.10. The van der Waals surface area contributed by atoms with Crippen molar-refractivity contribution < 1.29 is 14.6 Å². The van der Waals surface area contributed by atoms with Gasteiger partial charge in [-0.25, -0.2) is 4.79 Å². The lowest BCUT2D eigenvalue weighted by atomic mass is 10.2. The van der Waals surface area contributed by atoms with Crippen molar-refractivity contribution >= 4 is 17.3 Å². The van der Waals surface area contributed by atoms with Crippen LogP contribution in [0.2, 0.25) is 0 Å². The van der Waals surface area contributed by atoms with Gasteiger partial charge in [-0.3, -0.25) is 9.69 Å². The van der Waals surface area contributed by atoms with Crippen molar-refractivity contribution in [2.45, 2.75) is 20.0 Å². The summed E-state index contributed by atoms with van der Waals surface area (Å²) < 4.78 is 4.97. The molecule has 0 amide bonds. The summed E-state index contributed by atoms with van der Waals surface area (Å²) >= 11 is 0.998. The Morgan fingerprint density at radius 3 is 2.70 bits per heavy atom. The fraction of sp³-hybridized carbons (Fsp3) is 0.375. The van der Waals surface area contributed by atoms with Crippen molar-refractivity contribution in [2.75, 3.05) is 19.8 Å². The van der Waals surface area contributed by atoms with Crippen LogP contribution in [0.4, 0.5) is 0 Å². The summed E-state index contributed by atoms with van der Waals surface area (Å²) in [4.78, 5) is 28.4. The second-order valence-electron chi connectivity index (χ2n) is 4.95. The molecule has 0 aliphatic heterocycles. The van der Waals surface area contributed by atoms with Crippen LogP contribution in [0.3, 0.4) is 0 Å². The maximum absolute atomic E-state index is 11.9. The highest BCUT2D eigenvalue weighted by atomic mass is 32.1. The lowest BCUT2D eigenvalue weighted by Gasteiger charge is -2.21. The molecule has 124 valence electrons. The molecule has 23 heavy (non-hydrogen) atoms. The average molecular weight is 336 g/mol. The van der Waals surface area contributed by atoms with Crippen molar-refractivity contribution in [3.05, 3.63) is 56.1 Å². The molecule has 0 atom stereocenters. The summed E-state index contributed by atoms with van der Waals surface area (Å²) in [5.41, 5.74) is 1.30. The molecule has 0 saturated heterocycles. The van der Waals surface area contributed by atoms with E-state index in [1.54, 1.807) is 6.92 Å². The maximum atomic E-state index is 11.9. The van der Waals surface area contributed by atoms with Gasteiger partial charge in [0.05, 0.1) is 18.1 Å². The standard InChI is InChI=1S/C16H20N2O4S/c1-2-22-15(20)14-13(23-16(21)17-14)11-18(8-9-19)10-12-6-4-3-5-7-12/h3-7,19H,2,8-11H2,1H3,(H,17,21). The number of thiazole rings is 1. The third kappa shape index (κ3) is 5.02. The molecule has 2 aromatic rings. The second-order valence-corrected chi connectivity index (χ2v) is 6.02. The molecule has 0 aliphatic rings. The quantitative estimate of drug-likeness (QED) is 0.716. The summed E-state index contributed by atoms with van der Waals surface area (Å²) in [6.45, 7) is 3.43. The number of benzene rings is 1. The van der Waals surface area contributed by atoms with Gasteiger partial charge in [-0.15, -0.1) is 0 Å². The Morgan fingerprint density at radius 1 is 1.30 bits per heavy atom. The van der Waals surface area contributed by atoms with E-state index in [0.29, 0.717) is 24.5 Å². The normalized spacial score (nSPS) is 10.9. The minimum Gasteiger partial charge on any atom is -0.461 e. The zero-order valence-electron chi connectivity index (χ0n) is 12.9. The average Bonchev–Trinajstić information content (AvgIpc) is 2.89. The van der Waals surface area contributed by atoms with Gasteiger partial charge >= 0.3 is 10.8 Å². The number of esters is 1. The molecule has 0 spiro atoms.